The molecule has 0 saturated carbocycles. The van der Waals surface area contributed by atoms with E-state index >= 15 is 0 Å². The summed E-state index contributed by atoms with van der Waals surface area (Å²) in [5, 5.41) is 3.04. The fourth-order valence-corrected chi connectivity index (χ4v) is 1.62. The second kappa shape index (κ2) is 3.73. The molecule has 0 aliphatic carbocycles. The second-order valence-corrected chi connectivity index (χ2v) is 3.43. The highest BCUT2D eigenvalue weighted by Crippen LogP contribution is 2.16. The van der Waals surface area contributed by atoms with E-state index in [9.17, 15) is 0 Å². The van der Waals surface area contributed by atoms with Gasteiger partial charge in [-0.25, -0.2) is 4.98 Å². The van der Waals surface area contributed by atoms with Crippen LogP contribution in [0.2, 0.25) is 0 Å². The van der Waals surface area contributed by atoms with Crippen molar-refractivity contribution >= 4 is 5.95 Å². The van der Waals surface area contributed by atoms with E-state index in [1.807, 2.05) is 37.7 Å². The molecule has 4 heteroatoms. The molecule has 78 valence electrons. The molecule has 0 aliphatic heterocycles. The lowest BCUT2D eigenvalue weighted by atomic mass is 10.3. The van der Waals surface area contributed by atoms with Crippen molar-refractivity contribution in [2.45, 2.75) is 13.8 Å². The molecule has 0 spiro atoms. The number of aromatic nitrogens is 3. The lowest BCUT2D eigenvalue weighted by Gasteiger charge is -2.09. The standard InChI is InChI=1S/C11H14N4/c1-8-4-5-10(9(2)14-8)15-7-6-13-11(15)12-3/h4-7H,1-3H3,(H,12,13). The van der Waals surface area contributed by atoms with Gasteiger partial charge in [-0.2, -0.15) is 0 Å². The number of nitrogens with one attached hydrogen (secondary N) is 1. The smallest absolute Gasteiger partial charge is 0.207 e. The van der Waals surface area contributed by atoms with Gasteiger partial charge in [0.2, 0.25) is 5.95 Å². The van der Waals surface area contributed by atoms with Crippen molar-refractivity contribution in [3.63, 3.8) is 0 Å². The van der Waals surface area contributed by atoms with E-state index in [1.165, 1.54) is 0 Å². The molecule has 15 heavy (non-hydrogen) atoms. The van der Waals surface area contributed by atoms with Crippen LogP contribution in [-0.4, -0.2) is 21.6 Å². The van der Waals surface area contributed by atoms with E-state index in [-0.39, 0.29) is 0 Å². The van der Waals surface area contributed by atoms with E-state index < -0.39 is 0 Å². The summed E-state index contributed by atoms with van der Waals surface area (Å²) in [6.07, 6.45) is 3.69. The molecule has 0 aliphatic rings. The van der Waals surface area contributed by atoms with Crippen LogP contribution in [0.1, 0.15) is 11.4 Å². The van der Waals surface area contributed by atoms with Crippen LogP contribution in [0.3, 0.4) is 0 Å². The summed E-state index contributed by atoms with van der Waals surface area (Å²) < 4.78 is 1.99. The largest absolute Gasteiger partial charge is 0.358 e. The maximum Gasteiger partial charge on any atom is 0.207 e. The van der Waals surface area contributed by atoms with Gasteiger partial charge in [0.25, 0.3) is 0 Å². The van der Waals surface area contributed by atoms with Crippen molar-refractivity contribution in [2.24, 2.45) is 0 Å². The van der Waals surface area contributed by atoms with Crippen LogP contribution < -0.4 is 5.32 Å². The molecular formula is C11H14N4. The van der Waals surface area contributed by atoms with Crippen molar-refractivity contribution in [1.82, 2.24) is 14.5 Å². The van der Waals surface area contributed by atoms with Crippen LogP contribution in [-0.2, 0) is 0 Å². The molecule has 0 bridgehead atoms. The fraction of sp³-hybridized carbons (Fsp3) is 0.273. The summed E-state index contributed by atoms with van der Waals surface area (Å²) in [5.74, 6) is 0.823. The first kappa shape index (κ1) is 9.71. The molecule has 0 amide bonds. The molecule has 1 N–H and O–H groups in total. The summed E-state index contributed by atoms with van der Waals surface area (Å²) in [4.78, 5) is 8.63. The number of hydrogen-bond donors (Lipinski definition) is 1. The molecule has 0 unspecified atom stereocenters. The SMILES string of the molecule is CNc1nccn1-c1ccc(C)nc1C. The van der Waals surface area contributed by atoms with Gasteiger partial charge in [0.05, 0.1) is 11.4 Å². The molecular weight excluding hydrogens is 188 g/mol. The molecule has 0 atom stereocenters. The Morgan fingerprint density at radius 2 is 2.07 bits per heavy atom. The topological polar surface area (TPSA) is 42.7 Å². The first-order valence-corrected chi connectivity index (χ1v) is 4.88. The number of nitrogens with zero attached hydrogens (tertiary/aromatic N) is 3. The number of rotatable bonds is 2. The Bertz CT molecular complexity index is 473. The van der Waals surface area contributed by atoms with Crippen LogP contribution in [0.5, 0.6) is 0 Å². The van der Waals surface area contributed by atoms with E-state index in [4.69, 9.17) is 0 Å². The number of anilines is 1. The predicted molar refractivity (Wildman–Crippen MR) is 60.4 cm³/mol. The van der Waals surface area contributed by atoms with Gasteiger partial charge in [0.1, 0.15) is 0 Å². The average Bonchev–Trinajstić information content (AvgIpc) is 2.65. The first-order chi connectivity index (χ1) is 7.22. The predicted octanol–water partition coefficient (Wildman–Crippen LogP) is 1.93. The molecule has 0 fully saturated rings. The normalized spacial score (nSPS) is 10.3. The zero-order chi connectivity index (χ0) is 10.8. The van der Waals surface area contributed by atoms with Gasteiger partial charge in [-0.15, -0.1) is 0 Å². The van der Waals surface area contributed by atoms with Gasteiger partial charge < -0.3 is 5.32 Å². The van der Waals surface area contributed by atoms with E-state index in [1.54, 1.807) is 6.20 Å². The minimum Gasteiger partial charge on any atom is -0.358 e. The van der Waals surface area contributed by atoms with Crippen LogP contribution >= 0.6 is 0 Å². The minimum atomic E-state index is 0.823. The Hall–Kier alpha value is -1.84. The zero-order valence-electron chi connectivity index (χ0n) is 9.15. The second-order valence-electron chi connectivity index (χ2n) is 3.43. The Balaban J connectivity index is 2.54. The first-order valence-electron chi connectivity index (χ1n) is 4.88. The van der Waals surface area contributed by atoms with Crippen LogP contribution in [0.4, 0.5) is 5.95 Å². The molecule has 0 aromatic carbocycles. The summed E-state index contributed by atoms with van der Waals surface area (Å²) in [7, 11) is 1.86. The molecule has 0 radical (unpaired) electrons. The molecule has 2 heterocycles. The summed E-state index contributed by atoms with van der Waals surface area (Å²) in [6, 6.07) is 4.06. The van der Waals surface area contributed by atoms with Crippen molar-refractivity contribution < 1.29 is 0 Å². The highest BCUT2D eigenvalue weighted by molar-refractivity contribution is 5.44. The van der Waals surface area contributed by atoms with Gasteiger partial charge in [0.15, 0.2) is 0 Å². The summed E-state index contributed by atoms with van der Waals surface area (Å²) >= 11 is 0. The maximum atomic E-state index is 4.43. The van der Waals surface area contributed by atoms with Crippen molar-refractivity contribution in [1.29, 1.82) is 0 Å². The monoisotopic (exact) mass is 202 g/mol. The van der Waals surface area contributed by atoms with Gasteiger partial charge in [-0.1, -0.05) is 0 Å². The highest BCUT2D eigenvalue weighted by Gasteiger charge is 2.06. The average molecular weight is 202 g/mol. The maximum absolute atomic E-state index is 4.43. The zero-order valence-corrected chi connectivity index (χ0v) is 9.15. The summed E-state index contributed by atoms with van der Waals surface area (Å²) in [6.45, 7) is 3.99. The lowest BCUT2D eigenvalue weighted by Crippen LogP contribution is -2.03. The Morgan fingerprint density at radius 3 is 2.73 bits per heavy atom. The van der Waals surface area contributed by atoms with Crippen LogP contribution in [0.25, 0.3) is 5.69 Å². The molecule has 2 aromatic heterocycles. The van der Waals surface area contributed by atoms with Crippen LogP contribution in [0, 0.1) is 13.8 Å². The van der Waals surface area contributed by atoms with Crippen LogP contribution in [0.15, 0.2) is 24.5 Å². The molecule has 0 saturated heterocycles. The Kier molecular flexibility index (Phi) is 2.41. The van der Waals surface area contributed by atoms with Gasteiger partial charge >= 0.3 is 0 Å². The van der Waals surface area contributed by atoms with E-state index in [0.717, 1.165) is 23.0 Å². The number of pyridine rings is 1. The van der Waals surface area contributed by atoms with E-state index in [0.29, 0.717) is 0 Å². The minimum absolute atomic E-state index is 0.823. The van der Waals surface area contributed by atoms with Gasteiger partial charge in [0, 0.05) is 25.1 Å². The highest BCUT2D eigenvalue weighted by atomic mass is 15.2. The van der Waals surface area contributed by atoms with E-state index in [2.05, 4.69) is 21.4 Å². The third kappa shape index (κ3) is 1.70. The third-order valence-electron chi connectivity index (χ3n) is 2.32. The lowest BCUT2D eigenvalue weighted by molar-refractivity contribution is 0.993. The summed E-state index contributed by atoms with van der Waals surface area (Å²) in [5.41, 5.74) is 3.09. The van der Waals surface area contributed by atoms with Gasteiger partial charge in [-0.3, -0.25) is 9.55 Å². The Labute approximate surface area is 89.0 Å². The number of hydrogen-bond acceptors (Lipinski definition) is 3. The van der Waals surface area contributed by atoms with Crippen molar-refractivity contribution in [2.75, 3.05) is 12.4 Å². The van der Waals surface area contributed by atoms with Crippen molar-refractivity contribution in [3.05, 3.63) is 35.9 Å². The quantitative estimate of drug-likeness (QED) is 0.809. The number of imidazole rings is 1. The number of aryl methyl sites for hydroxylation is 2. The fourth-order valence-electron chi connectivity index (χ4n) is 1.62. The molecule has 2 rings (SSSR count). The molecule has 2 aromatic rings. The molecule has 4 nitrogen and oxygen atoms in total. The Morgan fingerprint density at radius 1 is 1.27 bits per heavy atom. The van der Waals surface area contributed by atoms with Gasteiger partial charge in [-0.05, 0) is 26.0 Å². The third-order valence-corrected chi connectivity index (χ3v) is 2.32. The van der Waals surface area contributed by atoms with Crippen molar-refractivity contribution in [3.8, 4) is 5.69 Å².